The molecule has 0 aliphatic heterocycles. The van der Waals surface area contributed by atoms with Crippen molar-refractivity contribution < 1.29 is 9.53 Å². The van der Waals surface area contributed by atoms with Gasteiger partial charge in [-0.1, -0.05) is 24.3 Å². The Hall–Kier alpha value is -1.79. The third-order valence-corrected chi connectivity index (χ3v) is 5.40. The predicted molar refractivity (Wildman–Crippen MR) is 107 cm³/mol. The Morgan fingerprint density at radius 3 is 2.64 bits per heavy atom. The number of benzene rings is 2. The lowest BCUT2D eigenvalue weighted by Gasteiger charge is -2.19. The van der Waals surface area contributed by atoms with Gasteiger partial charge < -0.3 is 15.0 Å². The Balaban J connectivity index is 1.78. The monoisotopic (exact) mass is 376 g/mol. The van der Waals surface area contributed by atoms with Crippen LogP contribution in [0.15, 0.2) is 58.3 Å². The lowest BCUT2D eigenvalue weighted by molar-refractivity contribution is 0.207. The molecule has 2 rings (SSSR count). The normalized spacial score (nSPS) is 10.4. The molecule has 4 nitrogen and oxygen atoms in total. The van der Waals surface area contributed by atoms with Crippen LogP contribution in [0.2, 0.25) is 0 Å². The fourth-order valence-electron chi connectivity index (χ4n) is 2.30. The zero-order valence-corrected chi connectivity index (χ0v) is 16.5. The Labute approximate surface area is 158 Å². The third kappa shape index (κ3) is 6.21. The SMILES string of the molecule is COc1cc(CN(C)C(=O)NCCSc2ccccc2)ccc1SC. The highest BCUT2D eigenvalue weighted by molar-refractivity contribution is 7.99. The average molecular weight is 377 g/mol. The van der Waals surface area contributed by atoms with Crippen molar-refractivity contribution in [3.63, 3.8) is 0 Å². The highest BCUT2D eigenvalue weighted by atomic mass is 32.2. The van der Waals surface area contributed by atoms with E-state index in [4.69, 9.17) is 4.74 Å². The van der Waals surface area contributed by atoms with E-state index in [2.05, 4.69) is 17.4 Å². The molecular weight excluding hydrogens is 352 g/mol. The van der Waals surface area contributed by atoms with Crippen LogP contribution in [0, 0.1) is 0 Å². The second-order valence-corrected chi connectivity index (χ2v) is 7.46. The van der Waals surface area contributed by atoms with Crippen molar-refractivity contribution in [3.8, 4) is 5.75 Å². The van der Waals surface area contributed by atoms with E-state index >= 15 is 0 Å². The minimum Gasteiger partial charge on any atom is -0.496 e. The van der Waals surface area contributed by atoms with Crippen LogP contribution in [-0.2, 0) is 6.54 Å². The summed E-state index contributed by atoms with van der Waals surface area (Å²) in [4.78, 5) is 16.2. The van der Waals surface area contributed by atoms with Crippen molar-refractivity contribution >= 4 is 29.6 Å². The number of amides is 2. The van der Waals surface area contributed by atoms with Gasteiger partial charge in [-0.25, -0.2) is 4.79 Å². The molecule has 0 radical (unpaired) electrons. The third-order valence-electron chi connectivity index (χ3n) is 3.60. The Morgan fingerprint density at radius 1 is 1.20 bits per heavy atom. The first-order valence-corrected chi connectivity index (χ1v) is 10.2. The Morgan fingerprint density at radius 2 is 1.96 bits per heavy atom. The van der Waals surface area contributed by atoms with Gasteiger partial charge in [0.15, 0.2) is 0 Å². The molecule has 0 aromatic heterocycles. The maximum Gasteiger partial charge on any atom is 0.317 e. The molecule has 0 atom stereocenters. The number of nitrogens with one attached hydrogen (secondary N) is 1. The number of carbonyl (C=O) groups is 1. The van der Waals surface area contributed by atoms with Gasteiger partial charge in [-0.3, -0.25) is 0 Å². The van der Waals surface area contributed by atoms with Gasteiger partial charge in [0.25, 0.3) is 0 Å². The van der Waals surface area contributed by atoms with Crippen LogP contribution in [0.1, 0.15) is 5.56 Å². The maximum absolute atomic E-state index is 12.2. The zero-order chi connectivity index (χ0) is 18.1. The fourth-order valence-corrected chi connectivity index (χ4v) is 3.64. The minimum absolute atomic E-state index is 0.0680. The molecule has 0 aliphatic rings. The summed E-state index contributed by atoms with van der Waals surface area (Å²) in [6.07, 6.45) is 2.02. The number of thioether (sulfide) groups is 2. The average Bonchev–Trinajstić information content (AvgIpc) is 2.65. The largest absolute Gasteiger partial charge is 0.496 e. The molecule has 0 fully saturated rings. The first kappa shape index (κ1) is 19.5. The second-order valence-electron chi connectivity index (χ2n) is 5.44. The predicted octanol–water partition coefficient (Wildman–Crippen LogP) is 4.35. The number of rotatable bonds is 8. The van der Waals surface area contributed by atoms with Crippen molar-refractivity contribution in [1.29, 1.82) is 0 Å². The first-order valence-electron chi connectivity index (χ1n) is 8.01. The molecule has 0 unspecified atom stereocenters. The van der Waals surface area contributed by atoms with Crippen LogP contribution in [0.3, 0.4) is 0 Å². The summed E-state index contributed by atoms with van der Waals surface area (Å²) in [5.41, 5.74) is 1.05. The van der Waals surface area contributed by atoms with Gasteiger partial charge in [0.2, 0.25) is 0 Å². The topological polar surface area (TPSA) is 41.6 Å². The van der Waals surface area contributed by atoms with Crippen molar-refractivity contribution in [2.24, 2.45) is 0 Å². The van der Waals surface area contributed by atoms with Crippen molar-refractivity contribution in [2.45, 2.75) is 16.3 Å². The summed E-state index contributed by atoms with van der Waals surface area (Å²) in [7, 11) is 3.47. The molecule has 2 amide bonds. The molecular formula is C19H24N2O2S2. The van der Waals surface area contributed by atoms with Crippen LogP contribution in [-0.4, -0.2) is 43.6 Å². The molecule has 0 saturated heterocycles. The van der Waals surface area contributed by atoms with Crippen molar-refractivity contribution in [2.75, 3.05) is 32.7 Å². The zero-order valence-electron chi connectivity index (χ0n) is 14.8. The Bertz CT molecular complexity index is 680. The van der Waals surface area contributed by atoms with Crippen LogP contribution >= 0.6 is 23.5 Å². The van der Waals surface area contributed by atoms with E-state index in [9.17, 15) is 4.79 Å². The fraction of sp³-hybridized carbons (Fsp3) is 0.316. The van der Waals surface area contributed by atoms with Gasteiger partial charge >= 0.3 is 6.03 Å². The number of methoxy groups -OCH3 is 1. The minimum atomic E-state index is -0.0680. The molecule has 0 spiro atoms. The number of hydrogen-bond donors (Lipinski definition) is 1. The van der Waals surface area contributed by atoms with E-state index in [1.54, 1.807) is 42.6 Å². The van der Waals surface area contributed by atoms with Gasteiger partial charge in [0.1, 0.15) is 5.75 Å². The summed E-state index contributed by atoms with van der Waals surface area (Å²) in [5.74, 6) is 1.69. The number of nitrogens with zero attached hydrogens (tertiary/aromatic N) is 1. The van der Waals surface area contributed by atoms with E-state index in [1.807, 2.05) is 42.7 Å². The molecule has 0 bridgehead atoms. The standard InChI is InChI=1S/C19H24N2O2S2/c1-21(14-15-9-10-18(24-3)17(13-15)23-2)19(22)20-11-12-25-16-7-5-4-6-8-16/h4-10,13H,11-12,14H2,1-3H3,(H,20,22). The summed E-state index contributed by atoms with van der Waals surface area (Å²) >= 11 is 3.38. The summed E-state index contributed by atoms with van der Waals surface area (Å²) < 4.78 is 5.40. The molecule has 2 aromatic carbocycles. The van der Waals surface area contributed by atoms with Crippen molar-refractivity contribution in [1.82, 2.24) is 10.2 Å². The molecule has 0 saturated carbocycles. The molecule has 0 heterocycles. The molecule has 2 aromatic rings. The number of urea groups is 1. The Kier molecular flexibility index (Phi) is 8.01. The van der Waals surface area contributed by atoms with Crippen LogP contribution < -0.4 is 10.1 Å². The van der Waals surface area contributed by atoms with Gasteiger partial charge in [-0.15, -0.1) is 23.5 Å². The van der Waals surface area contributed by atoms with Crippen LogP contribution in [0.25, 0.3) is 0 Å². The number of ether oxygens (including phenoxy) is 1. The highest BCUT2D eigenvalue weighted by Crippen LogP contribution is 2.28. The van der Waals surface area contributed by atoms with Crippen LogP contribution in [0.5, 0.6) is 5.75 Å². The molecule has 6 heteroatoms. The maximum atomic E-state index is 12.2. The lowest BCUT2D eigenvalue weighted by Crippen LogP contribution is -2.37. The quantitative estimate of drug-likeness (QED) is 0.549. The second kappa shape index (κ2) is 10.3. The molecule has 25 heavy (non-hydrogen) atoms. The number of hydrogen-bond acceptors (Lipinski definition) is 4. The van der Waals surface area contributed by atoms with Gasteiger partial charge in [0.05, 0.1) is 7.11 Å². The van der Waals surface area contributed by atoms with Gasteiger partial charge in [-0.2, -0.15) is 0 Å². The van der Waals surface area contributed by atoms with Gasteiger partial charge in [-0.05, 0) is 36.1 Å². The smallest absolute Gasteiger partial charge is 0.317 e. The van der Waals surface area contributed by atoms with Crippen molar-refractivity contribution in [3.05, 3.63) is 54.1 Å². The first-order chi connectivity index (χ1) is 12.1. The van der Waals surface area contributed by atoms with E-state index in [0.717, 1.165) is 22.0 Å². The molecule has 0 aliphatic carbocycles. The van der Waals surface area contributed by atoms with E-state index < -0.39 is 0 Å². The molecule has 134 valence electrons. The summed E-state index contributed by atoms with van der Waals surface area (Å²) in [6, 6.07) is 16.2. The van der Waals surface area contributed by atoms with E-state index in [-0.39, 0.29) is 6.03 Å². The number of carbonyl (C=O) groups excluding carboxylic acids is 1. The van der Waals surface area contributed by atoms with E-state index in [1.165, 1.54) is 4.90 Å². The van der Waals surface area contributed by atoms with Gasteiger partial charge in [0, 0.05) is 35.7 Å². The lowest BCUT2D eigenvalue weighted by atomic mass is 10.2. The van der Waals surface area contributed by atoms with E-state index in [0.29, 0.717) is 13.1 Å². The summed E-state index contributed by atoms with van der Waals surface area (Å²) in [6.45, 7) is 1.18. The molecule has 1 N–H and O–H groups in total. The highest BCUT2D eigenvalue weighted by Gasteiger charge is 2.10. The summed E-state index contributed by atoms with van der Waals surface area (Å²) in [5, 5.41) is 2.95. The van der Waals surface area contributed by atoms with Crippen LogP contribution in [0.4, 0.5) is 4.79 Å².